The number of fused-ring (bicyclic) bond motifs is 1. The fourth-order valence-electron chi connectivity index (χ4n) is 3.68. The average molecular weight is 412 g/mol. The monoisotopic (exact) mass is 411 g/mol. The second-order valence-corrected chi connectivity index (χ2v) is 6.86. The first-order valence-corrected chi connectivity index (χ1v) is 9.35. The lowest BCUT2D eigenvalue weighted by Crippen LogP contribution is -3.00. The molecule has 0 spiro atoms. The number of nitrogens with zero attached hydrogens (tertiary/aromatic N) is 1. The van der Waals surface area contributed by atoms with Crippen LogP contribution in [0.2, 0.25) is 0 Å². The number of benzene rings is 2. The van der Waals surface area contributed by atoms with E-state index in [1.165, 1.54) is 11.6 Å². The smallest absolute Gasteiger partial charge is 0.241 e. The van der Waals surface area contributed by atoms with Crippen molar-refractivity contribution in [3.05, 3.63) is 53.3 Å². The largest absolute Gasteiger partial charge is 1.00 e. The molecular formula is C21H24Cl2FNO2. The SMILES string of the molecule is COc1cc2c(cc1OC)C(CCCCl)=[N+](c1ccccc1F)C(C)C2.[Cl-]. The van der Waals surface area contributed by atoms with Crippen LogP contribution in [0.1, 0.15) is 30.9 Å². The van der Waals surface area contributed by atoms with Gasteiger partial charge in [0.15, 0.2) is 29.1 Å². The summed E-state index contributed by atoms with van der Waals surface area (Å²) >= 11 is 5.96. The molecule has 3 rings (SSSR count). The number of para-hydroxylation sites is 1. The molecule has 3 nitrogen and oxygen atoms in total. The van der Waals surface area contributed by atoms with Gasteiger partial charge in [0.1, 0.15) is 0 Å². The molecule has 1 heterocycles. The molecule has 1 unspecified atom stereocenters. The lowest BCUT2D eigenvalue weighted by Gasteiger charge is -2.24. The van der Waals surface area contributed by atoms with Crippen LogP contribution >= 0.6 is 11.6 Å². The standard InChI is InChI=1S/C21H24ClFNO2.ClH/c1-14-11-15-12-20(25-2)21(26-3)13-16(15)18(9-6-10-22)24(14)19-8-5-4-7-17(19)23;/h4-5,7-8,12-14H,6,9-11H2,1-3H3;1H/q+1;/p-1. The van der Waals surface area contributed by atoms with Gasteiger partial charge < -0.3 is 21.9 Å². The van der Waals surface area contributed by atoms with Crippen molar-refractivity contribution in [2.75, 3.05) is 20.1 Å². The molecule has 0 fully saturated rings. The van der Waals surface area contributed by atoms with Crippen molar-refractivity contribution in [1.82, 2.24) is 0 Å². The zero-order valence-corrected chi connectivity index (χ0v) is 17.3. The molecule has 0 saturated heterocycles. The highest BCUT2D eigenvalue weighted by Gasteiger charge is 2.34. The maximum Gasteiger partial charge on any atom is 0.241 e. The van der Waals surface area contributed by atoms with Crippen LogP contribution in [0.25, 0.3) is 0 Å². The molecule has 146 valence electrons. The van der Waals surface area contributed by atoms with Gasteiger partial charge in [0.25, 0.3) is 0 Å². The molecule has 6 heteroatoms. The fourth-order valence-corrected chi connectivity index (χ4v) is 3.82. The molecule has 0 bridgehead atoms. The van der Waals surface area contributed by atoms with E-state index in [2.05, 4.69) is 11.5 Å². The molecule has 0 radical (unpaired) electrons. The number of hydrogen-bond donors (Lipinski definition) is 0. The predicted molar refractivity (Wildman–Crippen MR) is 103 cm³/mol. The molecular weight excluding hydrogens is 388 g/mol. The van der Waals surface area contributed by atoms with Gasteiger partial charge in [-0.1, -0.05) is 12.1 Å². The lowest BCUT2D eigenvalue weighted by atomic mass is 9.90. The summed E-state index contributed by atoms with van der Waals surface area (Å²) in [6, 6.07) is 11.1. The Morgan fingerprint density at radius 2 is 1.81 bits per heavy atom. The summed E-state index contributed by atoms with van der Waals surface area (Å²) in [5, 5.41) is 0. The zero-order chi connectivity index (χ0) is 18.7. The van der Waals surface area contributed by atoms with Crippen LogP contribution in [0.4, 0.5) is 10.1 Å². The lowest BCUT2D eigenvalue weighted by molar-refractivity contribution is -0.485. The highest BCUT2D eigenvalue weighted by atomic mass is 35.5. The Hall–Kier alpha value is -1.78. The van der Waals surface area contributed by atoms with E-state index < -0.39 is 0 Å². The molecule has 1 aliphatic rings. The Labute approximate surface area is 171 Å². The van der Waals surface area contributed by atoms with E-state index in [1.807, 2.05) is 24.3 Å². The van der Waals surface area contributed by atoms with E-state index in [0.717, 1.165) is 36.3 Å². The van der Waals surface area contributed by atoms with E-state index in [0.29, 0.717) is 17.3 Å². The Morgan fingerprint density at radius 1 is 1.15 bits per heavy atom. The zero-order valence-electron chi connectivity index (χ0n) is 15.8. The van der Waals surface area contributed by atoms with Gasteiger partial charge in [0, 0.05) is 30.4 Å². The van der Waals surface area contributed by atoms with Crippen LogP contribution in [-0.2, 0) is 6.42 Å². The molecule has 0 aliphatic carbocycles. The second kappa shape index (κ2) is 9.43. The summed E-state index contributed by atoms with van der Waals surface area (Å²) in [5.41, 5.74) is 3.94. The first kappa shape index (κ1) is 21.5. The highest BCUT2D eigenvalue weighted by molar-refractivity contribution is 6.18. The van der Waals surface area contributed by atoms with E-state index in [1.54, 1.807) is 20.3 Å². The summed E-state index contributed by atoms with van der Waals surface area (Å²) in [6.07, 6.45) is 2.39. The third-order valence-electron chi connectivity index (χ3n) is 4.83. The number of rotatable bonds is 6. The number of ether oxygens (including phenoxy) is 2. The molecule has 2 aromatic carbocycles. The third kappa shape index (κ3) is 4.22. The van der Waals surface area contributed by atoms with Gasteiger partial charge in [0.05, 0.1) is 14.2 Å². The summed E-state index contributed by atoms with van der Waals surface area (Å²) in [4.78, 5) is 0. The van der Waals surface area contributed by atoms with Crippen molar-refractivity contribution < 1.29 is 30.8 Å². The van der Waals surface area contributed by atoms with Gasteiger partial charge in [-0.05, 0) is 37.1 Å². The van der Waals surface area contributed by atoms with Crippen LogP contribution in [-0.4, -0.2) is 36.4 Å². The maximum atomic E-state index is 14.6. The number of halogens is 3. The van der Waals surface area contributed by atoms with Crippen molar-refractivity contribution in [3.8, 4) is 11.5 Å². The molecule has 0 saturated carbocycles. The molecule has 1 aliphatic heterocycles. The Balaban J connectivity index is 0.00000261. The normalized spacial score (nSPS) is 15.8. The molecule has 0 aromatic heterocycles. The third-order valence-corrected chi connectivity index (χ3v) is 5.09. The van der Waals surface area contributed by atoms with Crippen molar-refractivity contribution in [2.24, 2.45) is 0 Å². The fraction of sp³-hybridized carbons (Fsp3) is 0.381. The first-order chi connectivity index (χ1) is 12.6. The summed E-state index contributed by atoms with van der Waals surface area (Å²) in [5.74, 6) is 1.74. The van der Waals surface area contributed by atoms with E-state index in [4.69, 9.17) is 21.1 Å². The Bertz CT molecular complexity index is 839. The van der Waals surface area contributed by atoms with Crippen LogP contribution in [0, 0.1) is 5.82 Å². The van der Waals surface area contributed by atoms with Gasteiger partial charge in [0.2, 0.25) is 5.69 Å². The molecule has 2 aromatic rings. The number of methoxy groups -OCH3 is 2. The van der Waals surface area contributed by atoms with Crippen molar-refractivity contribution in [1.29, 1.82) is 0 Å². The van der Waals surface area contributed by atoms with Gasteiger partial charge in [-0.25, -0.2) is 0 Å². The molecule has 1 atom stereocenters. The second-order valence-electron chi connectivity index (χ2n) is 6.48. The quantitative estimate of drug-likeness (QED) is 0.535. The van der Waals surface area contributed by atoms with Crippen LogP contribution in [0.5, 0.6) is 11.5 Å². The van der Waals surface area contributed by atoms with Gasteiger partial charge in [-0.3, -0.25) is 0 Å². The van der Waals surface area contributed by atoms with E-state index in [9.17, 15) is 4.39 Å². The first-order valence-electron chi connectivity index (χ1n) is 8.81. The van der Waals surface area contributed by atoms with Crippen LogP contribution in [0.3, 0.4) is 0 Å². The number of hydrogen-bond acceptors (Lipinski definition) is 2. The average Bonchev–Trinajstić information content (AvgIpc) is 2.65. The summed E-state index contributed by atoms with van der Waals surface area (Å²) < 4.78 is 27.6. The van der Waals surface area contributed by atoms with Gasteiger partial charge in [-0.2, -0.15) is 8.97 Å². The minimum atomic E-state index is -0.216. The van der Waals surface area contributed by atoms with Crippen molar-refractivity contribution >= 4 is 23.0 Å². The highest BCUT2D eigenvalue weighted by Crippen LogP contribution is 2.36. The molecule has 0 N–H and O–H groups in total. The predicted octanol–water partition coefficient (Wildman–Crippen LogP) is 1.94. The molecule has 27 heavy (non-hydrogen) atoms. The van der Waals surface area contributed by atoms with E-state index in [-0.39, 0.29) is 24.3 Å². The minimum absolute atomic E-state index is 0. The van der Waals surface area contributed by atoms with E-state index >= 15 is 0 Å². The van der Waals surface area contributed by atoms with Crippen molar-refractivity contribution in [2.45, 2.75) is 32.2 Å². The van der Waals surface area contributed by atoms with Crippen molar-refractivity contribution in [3.63, 3.8) is 0 Å². The summed E-state index contributed by atoms with van der Waals surface area (Å²) in [7, 11) is 3.27. The Morgan fingerprint density at radius 3 is 2.44 bits per heavy atom. The topological polar surface area (TPSA) is 21.5 Å². The van der Waals surface area contributed by atoms with Gasteiger partial charge in [-0.15, -0.1) is 11.6 Å². The number of alkyl halides is 1. The summed E-state index contributed by atoms with van der Waals surface area (Å²) in [6.45, 7) is 2.12. The van der Waals surface area contributed by atoms with Crippen LogP contribution in [0.15, 0.2) is 36.4 Å². The van der Waals surface area contributed by atoms with Gasteiger partial charge >= 0.3 is 0 Å². The Kier molecular flexibility index (Phi) is 7.51. The molecule has 0 amide bonds. The van der Waals surface area contributed by atoms with Crippen LogP contribution < -0.4 is 21.9 Å². The maximum absolute atomic E-state index is 14.6. The minimum Gasteiger partial charge on any atom is -1.00 e.